The predicted octanol–water partition coefficient (Wildman–Crippen LogP) is 3.17. The molecule has 5 nitrogen and oxygen atoms in total. The SMILES string of the molecule is COc1cc(CCC=O)ccc1NC(=O)OC(C)(C)C. The van der Waals surface area contributed by atoms with E-state index in [1.54, 1.807) is 32.9 Å². The third kappa shape index (κ3) is 5.30. The van der Waals surface area contributed by atoms with Crippen molar-refractivity contribution in [3.05, 3.63) is 23.8 Å². The molecule has 0 bridgehead atoms. The van der Waals surface area contributed by atoms with Crippen LogP contribution in [0.4, 0.5) is 10.5 Å². The largest absolute Gasteiger partial charge is 0.495 e. The Morgan fingerprint density at radius 1 is 1.35 bits per heavy atom. The van der Waals surface area contributed by atoms with E-state index < -0.39 is 11.7 Å². The molecule has 0 fully saturated rings. The van der Waals surface area contributed by atoms with Gasteiger partial charge in [-0.15, -0.1) is 0 Å². The number of nitrogens with one attached hydrogen (secondary N) is 1. The van der Waals surface area contributed by atoms with Crippen LogP contribution in [0.1, 0.15) is 32.8 Å². The summed E-state index contributed by atoms with van der Waals surface area (Å²) in [5.41, 5.74) is 0.960. The molecule has 0 aromatic heterocycles. The lowest BCUT2D eigenvalue weighted by atomic mass is 10.1. The Morgan fingerprint density at radius 3 is 2.60 bits per heavy atom. The van der Waals surface area contributed by atoms with E-state index >= 15 is 0 Å². The molecule has 1 amide bonds. The number of hydrogen-bond donors (Lipinski definition) is 1. The van der Waals surface area contributed by atoms with Crippen LogP contribution in [-0.4, -0.2) is 25.1 Å². The maximum absolute atomic E-state index is 11.7. The molecule has 5 heteroatoms. The minimum absolute atomic E-state index is 0.460. The van der Waals surface area contributed by atoms with E-state index in [1.807, 2.05) is 6.07 Å². The molecule has 1 rings (SSSR count). The van der Waals surface area contributed by atoms with Crippen LogP contribution in [0.2, 0.25) is 0 Å². The Hall–Kier alpha value is -2.04. The molecular weight excluding hydrogens is 258 g/mol. The van der Waals surface area contributed by atoms with E-state index in [-0.39, 0.29) is 0 Å². The van der Waals surface area contributed by atoms with E-state index in [0.717, 1.165) is 11.8 Å². The zero-order valence-electron chi connectivity index (χ0n) is 12.4. The van der Waals surface area contributed by atoms with Crippen molar-refractivity contribution in [2.45, 2.75) is 39.2 Å². The molecule has 0 heterocycles. The van der Waals surface area contributed by atoms with Gasteiger partial charge >= 0.3 is 6.09 Å². The van der Waals surface area contributed by atoms with Gasteiger partial charge in [0.15, 0.2) is 0 Å². The lowest BCUT2D eigenvalue weighted by molar-refractivity contribution is -0.107. The number of methoxy groups -OCH3 is 1. The standard InChI is InChI=1S/C15H21NO4/c1-15(2,3)20-14(18)16-12-8-7-11(6-5-9-17)10-13(12)19-4/h7-10H,5-6H2,1-4H3,(H,16,18). The number of carbonyl (C=O) groups excluding carboxylic acids is 2. The second-order valence-corrected chi connectivity index (χ2v) is 5.37. The van der Waals surface area contributed by atoms with Gasteiger partial charge in [0.2, 0.25) is 0 Å². The van der Waals surface area contributed by atoms with Crippen molar-refractivity contribution in [1.29, 1.82) is 0 Å². The zero-order chi connectivity index (χ0) is 15.2. The summed E-state index contributed by atoms with van der Waals surface area (Å²) in [4.78, 5) is 22.1. The van der Waals surface area contributed by atoms with Crippen molar-refractivity contribution in [3.63, 3.8) is 0 Å². The Morgan fingerprint density at radius 2 is 2.05 bits per heavy atom. The zero-order valence-corrected chi connectivity index (χ0v) is 12.4. The molecular formula is C15H21NO4. The summed E-state index contributed by atoms with van der Waals surface area (Å²) < 4.78 is 10.4. The quantitative estimate of drug-likeness (QED) is 0.841. The Kier molecular flexibility index (Phi) is 5.55. The fourth-order valence-corrected chi connectivity index (χ4v) is 1.63. The summed E-state index contributed by atoms with van der Waals surface area (Å²) in [5, 5.41) is 2.65. The number of ether oxygens (including phenoxy) is 2. The first-order chi connectivity index (χ1) is 9.35. The lowest BCUT2D eigenvalue weighted by Crippen LogP contribution is -2.27. The van der Waals surface area contributed by atoms with Crippen molar-refractivity contribution in [2.24, 2.45) is 0 Å². The normalized spacial score (nSPS) is 10.8. The monoisotopic (exact) mass is 279 g/mol. The highest BCUT2D eigenvalue weighted by atomic mass is 16.6. The van der Waals surface area contributed by atoms with Crippen molar-refractivity contribution < 1.29 is 19.1 Å². The van der Waals surface area contributed by atoms with E-state index in [1.165, 1.54) is 7.11 Å². The number of aldehydes is 1. The molecule has 0 unspecified atom stereocenters. The van der Waals surface area contributed by atoms with Gasteiger partial charge < -0.3 is 14.3 Å². The topological polar surface area (TPSA) is 64.6 Å². The van der Waals surface area contributed by atoms with Crippen molar-refractivity contribution >= 4 is 18.1 Å². The molecule has 0 spiro atoms. The maximum atomic E-state index is 11.7. The Balaban J connectivity index is 2.79. The molecule has 0 aliphatic carbocycles. The van der Waals surface area contributed by atoms with Gasteiger partial charge in [-0.1, -0.05) is 6.07 Å². The highest BCUT2D eigenvalue weighted by molar-refractivity contribution is 5.87. The summed E-state index contributed by atoms with van der Waals surface area (Å²) in [6.07, 6.45) is 1.45. The summed E-state index contributed by atoms with van der Waals surface area (Å²) in [7, 11) is 1.53. The number of amides is 1. The number of rotatable bonds is 5. The van der Waals surface area contributed by atoms with Crippen molar-refractivity contribution in [1.82, 2.24) is 0 Å². The van der Waals surface area contributed by atoms with Gasteiger partial charge in [-0.2, -0.15) is 0 Å². The van der Waals surface area contributed by atoms with E-state index in [9.17, 15) is 9.59 Å². The van der Waals surface area contributed by atoms with Crippen molar-refractivity contribution in [2.75, 3.05) is 12.4 Å². The summed E-state index contributed by atoms with van der Waals surface area (Å²) >= 11 is 0. The molecule has 1 aromatic carbocycles. The summed E-state index contributed by atoms with van der Waals surface area (Å²) in [6, 6.07) is 5.39. The molecule has 1 aromatic rings. The number of anilines is 1. The predicted molar refractivity (Wildman–Crippen MR) is 77.2 cm³/mol. The Bertz CT molecular complexity index is 477. The molecule has 1 N–H and O–H groups in total. The minimum Gasteiger partial charge on any atom is -0.495 e. The lowest BCUT2D eigenvalue weighted by Gasteiger charge is -2.20. The molecule has 0 saturated carbocycles. The third-order valence-corrected chi connectivity index (χ3v) is 2.45. The number of benzene rings is 1. The minimum atomic E-state index is -0.554. The van der Waals surface area contributed by atoms with Crippen LogP contribution in [-0.2, 0) is 16.0 Å². The maximum Gasteiger partial charge on any atom is 0.412 e. The van der Waals surface area contributed by atoms with E-state index in [2.05, 4.69) is 5.32 Å². The van der Waals surface area contributed by atoms with Crippen LogP contribution in [0.25, 0.3) is 0 Å². The first-order valence-electron chi connectivity index (χ1n) is 6.46. The smallest absolute Gasteiger partial charge is 0.412 e. The van der Waals surface area contributed by atoms with Crippen LogP contribution in [0.15, 0.2) is 18.2 Å². The highest BCUT2D eigenvalue weighted by Gasteiger charge is 2.17. The number of hydrogen-bond acceptors (Lipinski definition) is 4. The number of carbonyl (C=O) groups is 2. The first-order valence-corrected chi connectivity index (χ1v) is 6.46. The summed E-state index contributed by atoms with van der Waals surface area (Å²) in [5.74, 6) is 0.541. The van der Waals surface area contributed by atoms with Gasteiger partial charge in [0.25, 0.3) is 0 Å². The summed E-state index contributed by atoms with van der Waals surface area (Å²) in [6.45, 7) is 5.39. The second kappa shape index (κ2) is 6.93. The molecule has 0 radical (unpaired) electrons. The van der Waals surface area contributed by atoms with E-state index in [0.29, 0.717) is 24.3 Å². The van der Waals surface area contributed by atoms with Crippen molar-refractivity contribution in [3.8, 4) is 5.75 Å². The van der Waals surface area contributed by atoms with Crippen LogP contribution in [0.3, 0.4) is 0 Å². The molecule has 20 heavy (non-hydrogen) atoms. The van der Waals surface area contributed by atoms with Gasteiger partial charge in [-0.25, -0.2) is 4.79 Å². The van der Waals surface area contributed by atoms with E-state index in [4.69, 9.17) is 9.47 Å². The van der Waals surface area contributed by atoms with Gasteiger partial charge in [0.1, 0.15) is 17.6 Å². The average Bonchev–Trinajstić information content (AvgIpc) is 2.35. The number of aryl methyl sites for hydroxylation is 1. The van der Waals surface area contributed by atoms with Crippen LogP contribution >= 0.6 is 0 Å². The molecule has 0 aliphatic rings. The average molecular weight is 279 g/mol. The second-order valence-electron chi connectivity index (χ2n) is 5.37. The molecule has 0 aliphatic heterocycles. The van der Waals surface area contributed by atoms with Crippen LogP contribution < -0.4 is 10.1 Å². The van der Waals surface area contributed by atoms with Gasteiger partial charge in [-0.05, 0) is 44.9 Å². The fraction of sp³-hybridized carbons (Fsp3) is 0.467. The molecule has 110 valence electrons. The van der Waals surface area contributed by atoms with Gasteiger partial charge in [-0.3, -0.25) is 5.32 Å². The first kappa shape index (κ1) is 16.0. The van der Waals surface area contributed by atoms with Gasteiger partial charge in [0, 0.05) is 6.42 Å². The fourth-order valence-electron chi connectivity index (χ4n) is 1.63. The van der Waals surface area contributed by atoms with Gasteiger partial charge in [0.05, 0.1) is 12.8 Å². The molecule has 0 saturated heterocycles. The molecule has 0 atom stereocenters. The van der Waals surface area contributed by atoms with Crippen LogP contribution in [0.5, 0.6) is 5.75 Å². The Labute approximate surface area is 119 Å². The highest BCUT2D eigenvalue weighted by Crippen LogP contribution is 2.26. The third-order valence-electron chi connectivity index (χ3n) is 2.45. The van der Waals surface area contributed by atoms with Crippen LogP contribution in [0, 0.1) is 0 Å².